The standard InChI is InChI=1S/C15H27NO2/c1-2-16-14(9-12-3-4-12)13-5-7-18-15(10-13)6-8-17-11-15/h12-14,16H,2-11H2,1H3. The van der Waals surface area contributed by atoms with E-state index in [0.29, 0.717) is 6.04 Å². The van der Waals surface area contributed by atoms with E-state index in [9.17, 15) is 0 Å². The van der Waals surface area contributed by atoms with Gasteiger partial charge in [-0.2, -0.15) is 0 Å². The lowest BCUT2D eigenvalue weighted by atomic mass is 9.79. The molecule has 0 aromatic rings. The molecule has 3 fully saturated rings. The fourth-order valence-corrected chi connectivity index (χ4v) is 3.69. The summed E-state index contributed by atoms with van der Waals surface area (Å²) in [4.78, 5) is 0. The van der Waals surface area contributed by atoms with E-state index in [1.165, 1.54) is 32.1 Å². The van der Waals surface area contributed by atoms with Crippen molar-refractivity contribution in [1.29, 1.82) is 0 Å². The van der Waals surface area contributed by atoms with E-state index in [4.69, 9.17) is 9.47 Å². The summed E-state index contributed by atoms with van der Waals surface area (Å²) in [5.74, 6) is 1.80. The van der Waals surface area contributed by atoms with Crippen molar-refractivity contribution in [2.24, 2.45) is 11.8 Å². The normalized spacial score (nSPS) is 38.2. The van der Waals surface area contributed by atoms with E-state index < -0.39 is 0 Å². The minimum absolute atomic E-state index is 0.0696. The van der Waals surface area contributed by atoms with Gasteiger partial charge in [-0.25, -0.2) is 0 Å². The molecular weight excluding hydrogens is 226 g/mol. The predicted octanol–water partition coefficient (Wildman–Crippen LogP) is 2.35. The summed E-state index contributed by atoms with van der Waals surface area (Å²) in [6, 6.07) is 0.712. The van der Waals surface area contributed by atoms with Crippen molar-refractivity contribution in [2.75, 3.05) is 26.4 Å². The fourth-order valence-electron chi connectivity index (χ4n) is 3.69. The molecule has 3 atom stereocenters. The van der Waals surface area contributed by atoms with Crippen LogP contribution in [0.5, 0.6) is 0 Å². The minimum atomic E-state index is 0.0696. The Morgan fingerprint density at radius 2 is 2.17 bits per heavy atom. The van der Waals surface area contributed by atoms with Crippen molar-refractivity contribution in [3.8, 4) is 0 Å². The van der Waals surface area contributed by atoms with Crippen LogP contribution >= 0.6 is 0 Å². The van der Waals surface area contributed by atoms with E-state index in [-0.39, 0.29) is 5.60 Å². The first kappa shape index (κ1) is 12.9. The summed E-state index contributed by atoms with van der Waals surface area (Å²) in [6.45, 7) is 5.97. The maximum atomic E-state index is 6.05. The topological polar surface area (TPSA) is 30.5 Å². The van der Waals surface area contributed by atoms with Crippen LogP contribution in [0.15, 0.2) is 0 Å². The molecule has 0 aromatic heterocycles. The van der Waals surface area contributed by atoms with Gasteiger partial charge in [-0.15, -0.1) is 0 Å². The molecule has 0 amide bonds. The number of ether oxygens (including phenoxy) is 2. The van der Waals surface area contributed by atoms with Gasteiger partial charge in [-0.05, 0) is 37.6 Å². The maximum Gasteiger partial charge on any atom is 0.0939 e. The van der Waals surface area contributed by atoms with Crippen molar-refractivity contribution in [3.05, 3.63) is 0 Å². The molecule has 0 aromatic carbocycles. The second kappa shape index (κ2) is 5.48. The molecule has 3 nitrogen and oxygen atoms in total. The summed E-state index contributed by atoms with van der Waals surface area (Å²) in [5.41, 5.74) is 0.0696. The third kappa shape index (κ3) is 2.89. The van der Waals surface area contributed by atoms with Gasteiger partial charge in [0.2, 0.25) is 0 Å². The zero-order valence-electron chi connectivity index (χ0n) is 11.6. The monoisotopic (exact) mass is 253 g/mol. The Morgan fingerprint density at radius 3 is 2.83 bits per heavy atom. The van der Waals surface area contributed by atoms with E-state index in [0.717, 1.165) is 44.6 Å². The quantitative estimate of drug-likeness (QED) is 0.816. The Hall–Kier alpha value is -0.120. The van der Waals surface area contributed by atoms with Crippen LogP contribution in [-0.2, 0) is 9.47 Å². The number of hydrogen-bond donors (Lipinski definition) is 1. The van der Waals surface area contributed by atoms with Gasteiger partial charge in [0.15, 0.2) is 0 Å². The molecule has 0 bridgehead atoms. The molecule has 3 heteroatoms. The molecule has 2 heterocycles. The zero-order valence-corrected chi connectivity index (χ0v) is 11.6. The van der Waals surface area contributed by atoms with E-state index in [1.54, 1.807) is 0 Å². The molecule has 3 unspecified atom stereocenters. The summed E-state index contributed by atoms with van der Waals surface area (Å²) in [5, 5.41) is 3.73. The highest BCUT2D eigenvalue weighted by Gasteiger charge is 2.43. The average Bonchev–Trinajstić information content (AvgIpc) is 3.10. The van der Waals surface area contributed by atoms with Gasteiger partial charge in [0.1, 0.15) is 0 Å². The van der Waals surface area contributed by atoms with Gasteiger partial charge >= 0.3 is 0 Å². The highest BCUT2D eigenvalue weighted by molar-refractivity contribution is 4.95. The Labute approximate surface area is 111 Å². The highest BCUT2D eigenvalue weighted by atomic mass is 16.6. The number of hydrogen-bond acceptors (Lipinski definition) is 3. The Morgan fingerprint density at radius 1 is 1.28 bits per heavy atom. The fraction of sp³-hybridized carbons (Fsp3) is 1.00. The maximum absolute atomic E-state index is 6.05. The van der Waals surface area contributed by atoms with E-state index in [1.807, 2.05) is 0 Å². The van der Waals surface area contributed by atoms with Gasteiger partial charge in [-0.1, -0.05) is 19.8 Å². The molecule has 1 N–H and O–H groups in total. The van der Waals surface area contributed by atoms with Crippen molar-refractivity contribution in [2.45, 2.75) is 57.1 Å². The number of nitrogens with one attached hydrogen (secondary N) is 1. The molecule has 1 saturated carbocycles. The predicted molar refractivity (Wildman–Crippen MR) is 71.6 cm³/mol. The van der Waals surface area contributed by atoms with Crippen LogP contribution in [0, 0.1) is 11.8 Å². The van der Waals surface area contributed by atoms with Crippen molar-refractivity contribution in [1.82, 2.24) is 5.32 Å². The Balaban J connectivity index is 1.61. The molecular formula is C15H27NO2. The van der Waals surface area contributed by atoms with E-state index in [2.05, 4.69) is 12.2 Å². The minimum Gasteiger partial charge on any atom is -0.378 e. The third-order valence-electron chi connectivity index (χ3n) is 4.92. The summed E-state index contributed by atoms with van der Waals surface area (Å²) < 4.78 is 11.6. The van der Waals surface area contributed by atoms with Gasteiger partial charge < -0.3 is 14.8 Å². The first-order valence-electron chi connectivity index (χ1n) is 7.76. The third-order valence-corrected chi connectivity index (χ3v) is 4.92. The molecule has 0 radical (unpaired) electrons. The van der Waals surface area contributed by atoms with Crippen molar-refractivity contribution >= 4 is 0 Å². The molecule has 18 heavy (non-hydrogen) atoms. The van der Waals surface area contributed by atoms with E-state index >= 15 is 0 Å². The van der Waals surface area contributed by atoms with Gasteiger partial charge in [0.05, 0.1) is 12.2 Å². The van der Waals surface area contributed by atoms with Gasteiger partial charge in [0.25, 0.3) is 0 Å². The molecule has 3 aliphatic rings. The SMILES string of the molecule is CCNC(CC1CC1)C1CCOC2(CCOC2)C1. The lowest BCUT2D eigenvalue weighted by Crippen LogP contribution is -2.47. The molecule has 3 rings (SSSR count). The lowest BCUT2D eigenvalue weighted by Gasteiger charge is -2.40. The Kier molecular flexibility index (Phi) is 3.92. The lowest BCUT2D eigenvalue weighted by molar-refractivity contribution is -0.103. The molecule has 1 spiro atoms. The highest BCUT2D eigenvalue weighted by Crippen LogP contribution is 2.41. The van der Waals surface area contributed by atoms with Crippen LogP contribution in [0.4, 0.5) is 0 Å². The molecule has 2 aliphatic heterocycles. The van der Waals surface area contributed by atoms with Crippen LogP contribution in [0.25, 0.3) is 0 Å². The second-order valence-electron chi connectivity index (χ2n) is 6.43. The largest absolute Gasteiger partial charge is 0.378 e. The van der Waals surface area contributed by atoms with Gasteiger partial charge in [0, 0.05) is 25.7 Å². The van der Waals surface area contributed by atoms with Crippen LogP contribution in [0.1, 0.15) is 45.4 Å². The second-order valence-corrected chi connectivity index (χ2v) is 6.43. The van der Waals surface area contributed by atoms with Crippen molar-refractivity contribution in [3.63, 3.8) is 0 Å². The molecule has 104 valence electrons. The molecule has 2 saturated heterocycles. The molecule has 1 aliphatic carbocycles. The summed E-state index contributed by atoms with van der Waals surface area (Å²) in [7, 11) is 0. The van der Waals surface area contributed by atoms with Crippen LogP contribution in [0.2, 0.25) is 0 Å². The van der Waals surface area contributed by atoms with Gasteiger partial charge in [-0.3, -0.25) is 0 Å². The smallest absolute Gasteiger partial charge is 0.0939 e. The number of rotatable bonds is 5. The summed E-state index contributed by atoms with van der Waals surface area (Å²) in [6.07, 6.45) is 7.84. The average molecular weight is 253 g/mol. The first-order chi connectivity index (χ1) is 8.81. The van der Waals surface area contributed by atoms with Crippen molar-refractivity contribution < 1.29 is 9.47 Å². The first-order valence-corrected chi connectivity index (χ1v) is 7.76. The van der Waals surface area contributed by atoms with Crippen LogP contribution in [0.3, 0.4) is 0 Å². The zero-order chi connectivity index (χ0) is 12.4. The Bertz CT molecular complexity index is 272. The summed E-state index contributed by atoms with van der Waals surface area (Å²) >= 11 is 0. The van der Waals surface area contributed by atoms with Crippen LogP contribution < -0.4 is 5.32 Å². The van der Waals surface area contributed by atoms with Crippen LogP contribution in [-0.4, -0.2) is 38.0 Å².